The molecule has 0 saturated heterocycles. The number of alkyl halides is 3. The van der Waals surface area contributed by atoms with E-state index in [1.807, 2.05) is 31.2 Å². The zero-order valence-electron chi connectivity index (χ0n) is 17.9. The van der Waals surface area contributed by atoms with Crippen LogP contribution in [-0.2, 0) is 11.3 Å². The van der Waals surface area contributed by atoms with Crippen LogP contribution in [0.15, 0.2) is 66.7 Å². The number of hydrogen-bond donors (Lipinski definition) is 1. The fraction of sp³-hybridized carbons (Fsp3) is 0.280. The molecule has 0 fully saturated rings. The number of halogens is 4. The van der Waals surface area contributed by atoms with Crippen molar-refractivity contribution in [3.63, 3.8) is 0 Å². The minimum absolute atomic E-state index is 0.0769. The first kappa shape index (κ1) is 23.6. The second-order valence-corrected chi connectivity index (χ2v) is 7.42. The first-order valence-corrected chi connectivity index (χ1v) is 10.3. The highest BCUT2D eigenvalue weighted by Crippen LogP contribution is 2.36. The minimum Gasteiger partial charge on any atom is -0.494 e. The first-order chi connectivity index (χ1) is 15.3. The van der Waals surface area contributed by atoms with Crippen LogP contribution < -0.4 is 10.1 Å². The molecular formula is C25H25F4NO2. The quantitative estimate of drug-likeness (QED) is 0.354. The number of ether oxygens (including phenoxy) is 2. The number of rotatable bonds is 9. The summed E-state index contributed by atoms with van der Waals surface area (Å²) < 4.78 is 65.7. The molecule has 0 aromatic heterocycles. The van der Waals surface area contributed by atoms with Crippen molar-refractivity contribution in [3.8, 4) is 5.75 Å². The topological polar surface area (TPSA) is 30.5 Å². The molecule has 3 aromatic rings. The standard InChI is InChI=1S/C25H25F4NO2/c1-3-32-21-11-7-19(8-12-21)22(25(27,28)29)16-31-15-18-6-13-23(26)24(14-18)30-20-9-4-17(2)5-10-20/h4-14,22,30H,3,15-16H2,1-2H3. The Morgan fingerprint density at radius 2 is 1.62 bits per heavy atom. The van der Waals surface area contributed by atoms with E-state index in [9.17, 15) is 17.6 Å². The highest BCUT2D eigenvalue weighted by atomic mass is 19.4. The lowest BCUT2D eigenvalue weighted by molar-refractivity contribution is -0.163. The molecule has 1 N–H and O–H groups in total. The summed E-state index contributed by atoms with van der Waals surface area (Å²) in [6, 6.07) is 17.6. The van der Waals surface area contributed by atoms with Gasteiger partial charge in [-0.2, -0.15) is 13.2 Å². The third kappa shape index (κ3) is 6.47. The molecule has 0 aliphatic carbocycles. The van der Waals surface area contributed by atoms with Gasteiger partial charge in [0, 0.05) is 5.69 Å². The third-order valence-corrected chi connectivity index (χ3v) is 4.90. The van der Waals surface area contributed by atoms with Gasteiger partial charge in [-0.1, -0.05) is 35.9 Å². The van der Waals surface area contributed by atoms with Crippen molar-refractivity contribution < 1.29 is 27.0 Å². The molecule has 0 aliphatic heterocycles. The van der Waals surface area contributed by atoms with E-state index in [4.69, 9.17) is 9.47 Å². The van der Waals surface area contributed by atoms with Gasteiger partial charge in [0.05, 0.1) is 25.5 Å². The highest BCUT2D eigenvalue weighted by molar-refractivity contribution is 5.61. The van der Waals surface area contributed by atoms with E-state index in [1.54, 1.807) is 6.92 Å². The normalized spacial score (nSPS) is 12.4. The van der Waals surface area contributed by atoms with Crippen LogP contribution in [0, 0.1) is 12.7 Å². The number of nitrogens with one attached hydrogen (secondary N) is 1. The summed E-state index contributed by atoms with van der Waals surface area (Å²) in [5.74, 6) is -1.72. The summed E-state index contributed by atoms with van der Waals surface area (Å²) in [4.78, 5) is 0. The molecule has 170 valence electrons. The SMILES string of the molecule is CCOc1ccc(C(COCc2ccc(F)c(Nc3ccc(C)cc3)c2)C(F)(F)F)cc1. The predicted molar refractivity (Wildman–Crippen MR) is 117 cm³/mol. The van der Waals surface area contributed by atoms with Crippen molar-refractivity contribution in [2.75, 3.05) is 18.5 Å². The number of benzene rings is 3. The maximum Gasteiger partial charge on any atom is 0.397 e. The van der Waals surface area contributed by atoms with E-state index < -0.39 is 24.5 Å². The molecule has 0 aliphatic rings. The molecule has 0 amide bonds. The molecule has 3 nitrogen and oxygen atoms in total. The minimum atomic E-state index is -4.46. The van der Waals surface area contributed by atoms with Crippen molar-refractivity contribution in [2.45, 2.75) is 32.5 Å². The molecule has 0 heterocycles. The third-order valence-electron chi connectivity index (χ3n) is 4.90. The summed E-state index contributed by atoms with van der Waals surface area (Å²) >= 11 is 0. The Labute approximate surface area is 185 Å². The fourth-order valence-corrected chi connectivity index (χ4v) is 3.19. The molecule has 0 bridgehead atoms. The number of hydrogen-bond acceptors (Lipinski definition) is 3. The Kier molecular flexibility index (Phi) is 7.75. The van der Waals surface area contributed by atoms with Gasteiger partial charge in [-0.05, 0) is 61.4 Å². The lowest BCUT2D eigenvalue weighted by Gasteiger charge is -2.21. The van der Waals surface area contributed by atoms with E-state index >= 15 is 0 Å². The van der Waals surface area contributed by atoms with Crippen LogP contribution in [-0.4, -0.2) is 19.4 Å². The summed E-state index contributed by atoms with van der Waals surface area (Å²) in [6.07, 6.45) is -4.46. The molecule has 3 aromatic carbocycles. The summed E-state index contributed by atoms with van der Waals surface area (Å²) in [6.45, 7) is 3.56. The van der Waals surface area contributed by atoms with E-state index in [0.29, 0.717) is 23.6 Å². The van der Waals surface area contributed by atoms with E-state index in [0.717, 1.165) is 5.56 Å². The van der Waals surface area contributed by atoms with Gasteiger partial charge in [0.2, 0.25) is 0 Å². The van der Waals surface area contributed by atoms with E-state index in [-0.39, 0.29) is 17.9 Å². The van der Waals surface area contributed by atoms with Gasteiger partial charge in [0.15, 0.2) is 0 Å². The van der Waals surface area contributed by atoms with Crippen molar-refractivity contribution in [2.24, 2.45) is 0 Å². The number of anilines is 2. The molecular weight excluding hydrogens is 422 g/mol. The summed E-state index contributed by atoms with van der Waals surface area (Å²) in [7, 11) is 0. The second kappa shape index (κ2) is 10.5. The van der Waals surface area contributed by atoms with Crippen molar-refractivity contribution >= 4 is 11.4 Å². The monoisotopic (exact) mass is 447 g/mol. The molecule has 1 atom stereocenters. The van der Waals surface area contributed by atoms with Gasteiger partial charge < -0.3 is 14.8 Å². The van der Waals surface area contributed by atoms with Gasteiger partial charge in [-0.25, -0.2) is 4.39 Å². The Bertz CT molecular complexity index is 1000. The lowest BCUT2D eigenvalue weighted by Crippen LogP contribution is -2.25. The van der Waals surface area contributed by atoms with Gasteiger partial charge >= 0.3 is 6.18 Å². The van der Waals surface area contributed by atoms with Gasteiger partial charge in [0.1, 0.15) is 17.5 Å². The van der Waals surface area contributed by atoms with Crippen LogP contribution in [0.25, 0.3) is 0 Å². The largest absolute Gasteiger partial charge is 0.494 e. The Morgan fingerprint density at radius 3 is 2.25 bits per heavy atom. The van der Waals surface area contributed by atoms with Gasteiger partial charge in [0.25, 0.3) is 0 Å². The van der Waals surface area contributed by atoms with E-state index in [1.165, 1.54) is 42.5 Å². The zero-order chi connectivity index (χ0) is 23.1. The van der Waals surface area contributed by atoms with Crippen LogP contribution in [0.1, 0.15) is 29.5 Å². The van der Waals surface area contributed by atoms with Gasteiger partial charge in [-0.15, -0.1) is 0 Å². The van der Waals surface area contributed by atoms with Crippen LogP contribution in [0.5, 0.6) is 5.75 Å². The molecule has 7 heteroatoms. The summed E-state index contributed by atoms with van der Waals surface area (Å²) in [5, 5.41) is 2.98. The molecule has 0 spiro atoms. The average molecular weight is 447 g/mol. The Hall–Kier alpha value is -3.06. The summed E-state index contributed by atoms with van der Waals surface area (Å²) in [5.41, 5.74) is 2.68. The molecule has 32 heavy (non-hydrogen) atoms. The van der Waals surface area contributed by atoms with Crippen LogP contribution >= 0.6 is 0 Å². The molecule has 3 rings (SSSR count). The average Bonchev–Trinajstić information content (AvgIpc) is 2.75. The Balaban J connectivity index is 1.66. The zero-order valence-corrected chi connectivity index (χ0v) is 17.9. The fourth-order valence-electron chi connectivity index (χ4n) is 3.19. The van der Waals surface area contributed by atoms with Crippen molar-refractivity contribution in [1.82, 2.24) is 0 Å². The van der Waals surface area contributed by atoms with E-state index in [2.05, 4.69) is 5.32 Å². The van der Waals surface area contributed by atoms with Crippen molar-refractivity contribution in [3.05, 3.63) is 89.2 Å². The van der Waals surface area contributed by atoms with Crippen molar-refractivity contribution in [1.29, 1.82) is 0 Å². The maximum absolute atomic E-state index is 14.2. The Morgan fingerprint density at radius 1 is 0.938 bits per heavy atom. The number of aryl methyl sites for hydroxylation is 1. The maximum atomic E-state index is 14.2. The van der Waals surface area contributed by atoms with Crippen LogP contribution in [0.2, 0.25) is 0 Å². The predicted octanol–water partition coefficient (Wildman–Crippen LogP) is 7.14. The molecule has 0 radical (unpaired) electrons. The van der Waals surface area contributed by atoms with Crippen LogP contribution in [0.3, 0.4) is 0 Å². The molecule has 1 unspecified atom stereocenters. The second-order valence-electron chi connectivity index (χ2n) is 7.42. The highest BCUT2D eigenvalue weighted by Gasteiger charge is 2.40. The lowest BCUT2D eigenvalue weighted by atomic mass is 9.99. The molecule has 0 saturated carbocycles. The smallest absolute Gasteiger partial charge is 0.397 e. The van der Waals surface area contributed by atoms with Gasteiger partial charge in [-0.3, -0.25) is 0 Å². The van der Waals surface area contributed by atoms with Crippen LogP contribution in [0.4, 0.5) is 28.9 Å². The first-order valence-electron chi connectivity index (χ1n) is 10.3.